The predicted octanol–water partition coefficient (Wildman–Crippen LogP) is 3.78. The van der Waals surface area contributed by atoms with Crippen molar-refractivity contribution in [2.75, 3.05) is 0 Å². The quantitative estimate of drug-likeness (QED) is 0.781. The second-order valence-corrected chi connectivity index (χ2v) is 5.16. The summed E-state index contributed by atoms with van der Waals surface area (Å²) in [6.07, 6.45) is 2.68. The summed E-state index contributed by atoms with van der Waals surface area (Å²) in [5, 5.41) is 0.948. The van der Waals surface area contributed by atoms with Crippen molar-refractivity contribution in [2.24, 2.45) is 5.73 Å². The highest BCUT2D eigenvalue weighted by atomic mass is 79.9. The molecule has 1 atom stereocenters. The zero-order chi connectivity index (χ0) is 13.4. The van der Waals surface area contributed by atoms with Gasteiger partial charge < -0.3 is 10.2 Å². The third kappa shape index (κ3) is 2.39. The van der Waals surface area contributed by atoms with E-state index in [2.05, 4.69) is 20.9 Å². The number of halogens is 2. The van der Waals surface area contributed by atoms with Crippen LogP contribution in [0.15, 0.2) is 51.6 Å². The zero-order valence-electron chi connectivity index (χ0n) is 9.81. The second kappa shape index (κ2) is 4.75. The van der Waals surface area contributed by atoms with E-state index in [0.717, 1.165) is 21.6 Å². The molecule has 0 amide bonds. The molecule has 2 aromatic heterocycles. The standard InChI is InChI=1S/C14H10BrFN2O/c15-10-1-2-12-8(3-10)5-13(19-12)14(17)9-4-11(16)7-18-6-9/h1-7,14H,17H2. The van der Waals surface area contributed by atoms with Crippen molar-refractivity contribution in [3.05, 3.63) is 64.3 Å². The number of nitrogens with two attached hydrogens (primary N) is 1. The van der Waals surface area contributed by atoms with E-state index >= 15 is 0 Å². The van der Waals surface area contributed by atoms with Crippen LogP contribution in [0.1, 0.15) is 17.4 Å². The molecule has 0 aliphatic heterocycles. The number of nitrogens with zero attached hydrogens (tertiary/aromatic N) is 1. The van der Waals surface area contributed by atoms with Gasteiger partial charge in [0.15, 0.2) is 0 Å². The first-order valence-corrected chi connectivity index (χ1v) is 6.48. The Balaban J connectivity index is 2.04. The molecular formula is C14H10BrFN2O. The molecule has 0 fully saturated rings. The largest absolute Gasteiger partial charge is 0.459 e. The molecule has 96 valence electrons. The fraction of sp³-hybridized carbons (Fsp3) is 0.0714. The van der Waals surface area contributed by atoms with Crippen LogP contribution < -0.4 is 5.73 Å². The minimum atomic E-state index is -0.533. The first-order valence-electron chi connectivity index (χ1n) is 5.68. The van der Waals surface area contributed by atoms with Gasteiger partial charge in [0.25, 0.3) is 0 Å². The number of fused-ring (bicyclic) bond motifs is 1. The van der Waals surface area contributed by atoms with E-state index in [4.69, 9.17) is 10.2 Å². The molecule has 0 radical (unpaired) electrons. The van der Waals surface area contributed by atoms with Crippen LogP contribution in [0.25, 0.3) is 11.0 Å². The summed E-state index contributed by atoms with van der Waals surface area (Å²) in [4.78, 5) is 3.79. The van der Waals surface area contributed by atoms with E-state index in [1.54, 1.807) is 0 Å². The summed E-state index contributed by atoms with van der Waals surface area (Å²) in [6, 6.07) is 8.38. The van der Waals surface area contributed by atoms with Crippen molar-refractivity contribution >= 4 is 26.9 Å². The number of pyridine rings is 1. The van der Waals surface area contributed by atoms with Crippen LogP contribution in [0.2, 0.25) is 0 Å². The first-order chi connectivity index (χ1) is 9.13. The van der Waals surface area contributed by atoms with Gasteiger partial charge in [-0.05, 0) is 35.9 Å². The normalized spacial score (nSPS) is 12.8. The third-order valence-electron chi connectivity index (χ3n) is 2.89. The molecule has 0 saturated carbocycles. The zero-order valence-corrected chi connectivity index (χ0v) is 11.4. The molecule has 5 heteroatoms. The van der Waals surface area contributed by atoms with Gasteiger partial charge in [-0.25, -0.2) is 4.39 Å². The maximum Gasteiger partial charge on any atom is 0.141 e. The van der Waals surface area contributed by atoms with E-state index < -0.39 is 11.9 Å². The van der Waals surface area contributed by atoms with Crippen LogP contribution in [0, 0.1) is 5.82 Å². The molecule has 3 rings (SSSR count). The Hall–Kier alpha value is -1.72. The SMILES string of the molecule is NC(c1cncc(F)c1)c1cc2cc(Br)ccc2o1. The lowest BCUT2D eigenvalue weighted by Gasteiger charge is -2.07. The molecule has 3 nitrogen and oxygen atoms in total. The third-order valence-corrected chi connectivity index (χ3v) is 3.38. The molecule has 1 aromatic carbocycles. The van der Waals surface area contributed by atoms with E-state index in [1.807, 2.05) is 24.3 Å². The van der Waals surface area contributed by atoms with E-state index in [0.29, 0.717) is 11.3 Å². The van der Waals surface area contributed by atoms with Crippen molar-refractivity contribution in [1.29, 1.82) is 0 Å². The summed E-state index contributed by atoms with van der Waals surface area (Å²) in [5.41, 5.74) is 7.40. The molecular weight excluding hydrogens is 311 g/mol. The van der Waals surface area contributed by atoms with Gasteiger partial charge in [-0.1, -0.05) is 15.9 Å². The van der Waals surface area contributed by atoms with Gasteiger partial charge in [-0.3, -0.25) is 4.98 Å². The molecule has 2 heterocycles. The van der Waals surface area contributed by atoms with Gasteiger partial charge in [-0.15, -0.1) is 0 Å². The number of aromatic nitrogens is 1. The van der Waals surface area contributed by atoms with E-state index in [1.165, 1.54) is 12.3 Å². The Labute approximate surface area is 117 Å². The second-order valence-electron chi connectivity index (χ2n) is 4.25. The highest BCUT2D eigenvalue weighted by Gasteiger charge is 2.15. The smallest absolute Gasteiger partial charge is 0.141 e. The number of furan rings is 1. The highest BCUT2D eigenvalue weighted by molar-refractivity contribution is 9.10. The summed E-state index contributed by atoms with van der Waals surface area (Å²) >= 11 is 3.40. The van der Waals surface area contributed by atoms with Gasteiger partial charge in [0, 0.05) is 16.1 Å². The molecule has 0 bridgehead atoms. The Morgan fingerprint density at radius 2 is 2.05 bits per heavy atom. The summed E-state index contributed by atoms with van der Waals surface area (Å²) < 4.78 is 19.8. The Bertz CT molecular complexity index is 741. The monoisotopic (exact) mass is 320 g/mol. The Morgan fingerprint density at radius 1 is 1.21 bits per heavy atom. The van der Waals surface area contributed by atoms with Crippen LogP contribution in [0.3, 0.4) is 0 Å². The topological polar surface area (TPSA) is 52.0 Å². The Kier molecular flexibility index (Phi) is 3.08. The average molecular weight is 321 g/mol. The predicted molar refractivity (Wildman–Crippen MR) is 74.1 cm³/mol. The minimum absolute atomic E-state index is 0.410. The van der Waals surface area contributed by atoms with Gasteiger partial charge in [0.1, 0.15) is 17.2 Å². The van der Waals surface area contributed by atoms with Crippen LogP contribution >= 0.6 is 15.9 Å². The van der Waals surface area contributed by atoms with Crippen LogP contribution in [0.4, 0.5) is 4.39 Å². The molecule has 0 aliphatic rings. The number of hydrogen-bond donors (Lipinski definition) is 1. The fourth-order valence-electron chi connectivity index (χ4n) is 1.95. The van der Waals surface area contributed by atoms with Gasteiger partial charge in [-0.2, -0.15) is 0 Å². The molecule has 0 spiro atoms. The summed E-state index contributed by atoms with van der Waals surface area (Å²) in [5.74, 6) is 0.173. The van der Waals surface area contributed by atoms with Crippen molar-refractivity contribution in [3.63, 3.8) is 0 Å². The van der Waals surface area contributed by atoms with Crippen molar-refractivity contribution in [2.45, 2.75) is 6.04 Å². The van der Waals surface area contributed by atoms with Crippen molar-refractivity contribution in [3.8, 4) is 0 Å². The van der Waals surface area contributed by atoms with E-state index in [-0.39, 0.29) is 0 Å². The molecule has 0 aliphatic carbocycles. The van der Waals surface area contributed by atoms with Gasteiger partial charge >= 0.3 is 0 Å². The summed E-state index contributed by atoms with van der Waals surface area (Å²) in [7, 11) is 0. The van der Waals surface area contributed by atoms with Crippen molar-refractivity contribution in [1.82, 2.24) is 4.98 Å². The molecule has 0 saturated heterocycles. The van der Waals surface area contributed by atoms with Crippen molar-refractivity contribution < 1.29 is 8.81 Å². The van der Waals surface area contributed by atoms with Crippen LogP contribution in [0.5, 0.6) is 0 Å². The van der Waals surface area contributed by atoms with E-state index in [9.17, 15) is 4.39 Å². The molecule has 1 unspecified atom stereocenters. The van der Waals surface area contributed by atoms with Crippen LogP contribution in [-0.4, -0.2) is 4.98 Å². The summed E-state index contributed by atoms with van der Waals surface area (Å²) in [6.45, 7) is 0. The molecule has 19 heavy (non-hydrogen) atoms. The lowest BCUT2D eigenvalue weighted by atomic mass is 10.1. The lowest BCUT2D eigenvalue weighted by Crippen LogP contribution is -2.11. The van der Waals surface area contributed by atoms with Crippen LogP contribution in [-0.2, 0) is 0 Å². The van der Waals surface area contributed by atoms with Gasteiger partial charge in [0.05, 0.1) is 12.2 Å². The van der Waals surface area contributed by atoms with Gasteiger partial charge in [0.2, 0.25) is 0 Å². The Morgan fingerprint density at radius 3 is 2.84 bits per heavy atom. The minimum Gasteiger partial charge on any atom is -0.459 e. The maximum atomic E-state index is 13.1. The average Bonchev–Trinajstić information content (AvgIpc) is 2.80. The lowest BCUT2D eigenvalue weighted by molar-refractivity contribution is 0.522. The number of benzene rings is 1. The maximum absolute atomic E-state index is 13.1. The molecule has 2 N–H and O–H groups in total. The fourth-order valence-corrected chi connectivity index (χ4v) is 2.33. The first kappa shape index (κ1) is 12.3. The number of hydrogen-bond acceptors (Lipinski definition) is 3. The molecule has 3 aromatic rings. The number of rotatable bonds is 2. The highest BCUT2D eigenvalue weighted by Crippen LogP contribution is 2.28.